The topological polar surface area (TPSA) is 237 Å². The van der Waals surface area contributed by atoms with Crippen molar-refractivity contribution in [2.75, 3.05) is 26.4 Å². The Morgan fingerprint density at radius 1 is 0.861 bits per heavy atom. The van der Waals surface area contributed by atoms with Crippen molar-refractivity contribution < 1.29 is 64.3 Å². The number of carboxylic acid groups (broad SMARTS) is 1. The molecule has 0 amide bonds. The molecule has 4 heterocycles. The number of aromatic hydroxyl groups is 2. The minimum absolute atomic E-state index is 0.0410. The van der Waals surface area contributed by atoms with Crippen LogP contribution in [0.15, 0.2) is 34.9 Å². The number of allylic oxidation sites excluding steroid dienone is 1. The molecule has 7 spiro atoms. The maximum absolute atomic E-state index is 13.4. The summed E-state index contributed by atoms with van der Waals surface area (Å²) in [4.78, 5) is 25.6. The van der Waals surface area contributed by atoms with Crippen LogP contribution < -0.4 is 15.6 Å². The van der Waals surface area contributed by atoms with E-state index in [1.807, 2.05) is 0 Å². The summed E-state index contributed by atoms with van der Waals surface area (Å²) in [6.45, 7) is 3.38. The summed E-state index contributed by atoms with van der Waals surface area (Å²) in [7, 11) is 0. The second-order valence-corrected chi connectivity index (χ2v) is 28.7. The van der Waals surface area contributed by atoms with Gasteiger partial charge >= 0.3 is 5.97 Å². The fraction of sp³-hybridized carbons (Fsp3) is 0.750. The fourth-order valence-corrected chi connectivity index (χ4v) is 23.4. The van der Waals surface area contributed by atoms with Gasteiger partial charge in [0.25, 0.3) is 0 Å². The third kappa shape index (κ3) is 6.68. The molecule has 8 saturated carbocycles. The van der Waals surface area contributed by atoms with Crippen LogP contribution in [0, 0.1) is 63.6 Å². The monoisotopic (exact) mass is 1090 g/mol. The molecule has 2 aromatic rings. The summed E-state index contributed by atoms with van der Waals surface area (Å²) < 4.78 is 28.2. The molecule has 0 radical (unpaired) electrons. The van der Waals surface area contributed by atoms with Gasteiger partial charge in [-0.15, -0.1) is 0 Å². The molecule has 79 heavy (non-hydrogen) atoms. The van der Waals surface area contributed by atoms with Gasteiger partial charge in [-0.1, -0.05) is 38.2 Å². The minimum atomic E-state index is -1.83. The van der Waals surface area contributed by atoms with Crippen molar-refractivity contribution in [1.82, 2.24) is 10.9 Å². The maximum atomic E-state index is 13.4. The van der Waals surface area contributed by atoms with E-state index in [1.165, 1.54) is 120 Å². The summed E-state index contributed by atoms with van der Waals surface area (Å²) in [5.74, 6) is -1.45. The lowest BCUT2D eigenvalue weighted by Crippen LogP contribution is -2.81. The Hall–Kier alpha value is -3.64. The van der Waals surface area contributed by atoms with Crippen LogP contribution in [-0.2, 0) is 14.2 Å². The highest BCUT2D eigenvalue weighted by molar-refractivity contribution is 6.11. The molecular weight excluding hydrogens is 1000 g/mol. The number of rotatable bonds is 8. The third-order valence-corrected chi connectivity index (χ3v) is 25.9. The highest BCUT2D eigenvalue weighted by Gasteiger charge is 2.79. The number of hydrogen-bond donors (Lipinski definition) is 9. The number of ether oxygens (including phenoxy) is 4. The van der Waals surface area contributed by atoms with Gasteiger partial charge in [0.1, 0.15) is 41.2 Å². The predicted molar refractivity (Wildman–Crippen MR) is 290 cm³/mol. The summed E-state index contributed by atoms with van der Waals surface area (Å²) in [5, 5.41) is 82.1. The van der Waals surface area contributed by atoms with Crippen LogP contribution in [0.2, 0.25) is 0 Å². The van der Waals surface area contributed by atoms with E-state index < -0.39 is 76.6 Å². The number of phenols is 2. The van der Waals surface area contributed by atoms with E-state index in [2.05, 4.69) is 16.9 Å². The number of aromatic carboxylic acids is 1. The molecule has 15 heteroatoms. The highest BCUT2D eigenvalue weighted by atomic mass is 16.7. The van der Waals surface area contributed by atoms with E-state index in [1.54, 1.807) is 0 Å². The third-order valence-electron chi connectivity index (χ3n) is 25.9. The van der Waals surface area contributed by atoms with Crippen LogP contribution in [0.3, 0.4) is 0 Å². The minimum Gasteiger partial charge on any atom is -0.507 e. The normalized spacial score (nSPS) is 45.8. The van der Waals surface area contributed by atoms with Crippen LogP contribution in [0.4, 0.5) is 0 Å². The van der Waals surface area contributed by atoms with E-state index in [-0.39, 0.29) is 80.9 Å². The standard InChI is InChI=1S/C64H84N2O13/c1-34-47(35(2)69)51(71)48-40(50(34)70)23-36(55(74)75)24-44(48)77-56-52(72)54(73)64(46(28-68)78-56)26-43-49-41(12-13-42(49)62(79-64)17-4-3-5-18-62)60(16-8-22-67)33-76-29-37-25-58-30-59(27-45(58)65-66-63(43,32-58)53(37)60)19-14-39-10-6-9-38-11-7-15-57(38)20-21-61(39,59)31-57/h12,23-24,37-39,43,45-46,52-54,56,65-68,70-73H,3-11,13-22,25-33H2,1-2H3,(H,74,75). The van der Waals surface area contributed by atoms with Gasteiger partial charge in [0, 0.05) is 47.1 Å². The number of fused-ring (bicyclic) bond motifs is 3. The zero-order valence-corrected chi connectivity index (χ0v) is 46.4. The lowest BCUT2D eigenvalue weighted by atomic mass is 9.38. The van der Waals surface area contributed by atoms with Gasteiger partial charge in [-0.25, -0.2) is 4.79 Å². The Kier molecular flexibility index (Phi) is 11.7. The molecule has 15 nitrogen and oxygen atoms in total. The number of hydrogen-bond acceptors (Lipinski definition) is 14. The van der Waals surface area contributed by atoms with Gasteiger partial charge in [-0.2, -0.15) is 0 Å². The molecule has 428 valence electrons. The number of hydrazine groups is 1. The SMILES string of the molecule is CC(=O)c1c(C)c(O)c2cc(C(=O)O)cc(OC3OC(CO)C4(CC5C6=C(CC=C6C6(CCCO)COCC7CC89CC5(NNC8CC5(CCC8CCCC%10CCCC%10%11CCC85C%11)C9)C76)C5(CCCCC5)O4)C(O)C3O)c2c1O. The number of nitrogens with one attached hydrogen (secondary N) is 2. The molecule has 17 atom stereocenters. The van der Waals surface area contributed by atoms with E-state index in [4.69, 9.17) is 18.9 Å². The predicted octanol–water partition coefficient (Wildman–Crippen LogP) is 8.74. The molecule has 4 aliphatic heterocycles. The van der Waals surface area contributed by atoms with Crippen molar-refractivity contribution in [3.63, 3.8) is 0 Å². The Bertz CT molecular complexity index is 2980. The van der Waals surface area contributed by atoms with E-state index >= 15 is 0 Å². The summed E-state index contributed by atoms with van der Waals surface area (Å²) >= 11 is 0. The molecule has 15 rings (SSSR count). The van der Waals surface area contributed by atoms with Crippen LogP contribution in [0.5, 0.6) is 17.2 Å². The lowest BCUT2D eigenvalue weighted by molar-refractivity contribution is -0.346. The summed E-state index contributed by atoms with van der Waals surface area (Å²) in [6, 6.07) is 2.60. The Morgan fingerprint density at radius 2 is 1.67 bits per heavy atom. The van der Waals surface area contributed by atoms with Crippen LogP contribution in [0.1, 0.15) is 187 Å². The first-order valence-electron chi connectivity index (χ1n) is 30.9. The quantitative estimate of drug-likeness (QED) is 0.0888. The zero-order chi connectivity index (χ0) is 54.4. The second-order valence-electron chi connectivity index (χ2n) is 28.7. The molecule has 13 aliphatic rings. The number of aliphatic hydroxyl groups is 4. The average molecular weight is 1090 g/mol. The van der Waals surface area contributed by atoms with Gasteiger partial charge in [-0.05, 0) is 210 Å². The first kappa shape index (κ1) is 52.2. The molecule has 9 aliphatic carbocycles. The van der Waals surface area contributed by atoms with Gasteiger partial charge in [0.15, 0.2) is 5.78 Å². The molecular formula is C64H84N2O13. The number of carboxylic acids is 1. The first-order chi connectivity index (χ1) is 38.0. The fourth-order valence-electron chi connectivity index (χ4n) is 23.4. The lowest BCUT2D eigenvalue weighted by Gasteiger charge is -2.72. The van der Waals surface area contributed by atoms with Gasteiger partial charge in [0.05, 0.1) is 35.3 Å². The van der Waals surface area contributed by atoms with E-state index in [9.17, 15) is 45.3 Å². The molecule has 0 aromatic heterocycles. The van der Waals surface area contributed by atoms with Crippen molar-refractivity contribution in [3.8, 4) is 17.2 Å². The molecule has 2 aromatic carbocycles. The summed E-state index contributed by atoms with van der Waals surface area (Å²) in [5.41, 5.74) is 9.49. The van der Waals surface area contributed by atoms with Crippen molar-refractivity contribution in [3.05, 3.63) is 51.6 Å². The van der Waals surface area contributed by atoms with Crippen molar-refractivity contribution in [1.29, 1.82) is 0 Å². The number of phenolic OH excluding ortho intramolecular Hbond substituents is 2. The number of benzene rings is 2. The van der Waals surface area contributed by atoms with Crippen molar-refractivity contribution in [2.24, 2.45) is 56.7 Å². The van der Waals surface area contributed by atoms with E-state index in [0.717, 1.165) is 56.4 Å². The van der Waals surface area contributed by atoms with Crippen LogP contribution >= 0.6 is 0 Å². The molecule has 3 saturated heterocycles. The Morgan fingerprint density at radius 3 is 2.46 bits per heavy atom. The molecule has 11 fully saturated rings. The highest BCUT2D eigenvalue weighted by Crippen LogP contribution is 2.82. The molecule has 17 unspecified atom stereocenters. The molecule has 9 N–H and O–H groups in total. The molecule has 4 bridgehead atoms. The van der Waals surface area contributed by atoms with Crippen LogP contribution in [0.25, 0.3) is 10.8 Å². The van der Waals surface area contributed by atoms with Crippen LogP contribution in [-0.4, -0.2) is 121 Å². The number of carbonyl (C=O) groups is 2. The number of Topliss-reactive ketones (excluding diaryl/α,β-unsaturated/α-hetero) is 1. The second kappa shape index (κ2) is 17.7. The number of carbonyl (C=O) groups excluding carboxylic acids is 1. The largest absolute Gasteiger partial charge is 0.507 e. The number of ketones is 1. The summed E-state index contributed by atoms with van der Waals surface area (Å²) in [6.07, 6.45) is 22.0. The van der Waals surface area contributed by atoms with Gasteiger partial charge in [0.2, 0.25) is 6.29 Å². The maximum Gasteiger partial charge on any atom is 0.335 e. The number of aliphatic hydroxyl groups excluding tert-OH is 4. The van der Waals surface area contributed by atoms with Crippen molar-refractivity contribution in [2.45, 2.75) is 215 Å². The van der Waals surface area contributed by atoms with E-state index in [0.29, 0.717) is 49.7 Å². The smallest absolute Gasteiger partial charge is 0.335 e. The van der Waals surface area contributed by atoms with Crippen molar-refractivity contribution >= 4 is 22.5 Å². The van der Waals surface area contributed by atoms with Gasteiger partial charge in [-0.3, -0.25) is 15.6 Å². The van der Waals surface area contributed by atoms with Gasteiger partial charge < -0.3 is 54.7 Å². The Labute approximate surface area is 463 Å². The zero-order valence-electron chi connectivity index (χ0n) is 46.4. The average Bonchev–Trinajstić information content (AvgIpc) is 4.02. The Balaban J connectivity index is 0.862. The first-order valence-corrected chi connectivity index (χ1v) is 30.9.